The first-order valence-corrected chi connectivity index (χ1v) is 10.4. The van der Waals surface area contributed by atoms with E-state index < -0.39 is 5.97 Å². The number of nitrogens with one attached hydrogen (secondary N) is 1. The molecule has 0 aliphatic carbocycles. The summed E-state index contributed by atoms with van der Waals surface area (Å²) in [5, 5.41) is 11.7. The van der Waals surface area contributed by atoms with E-state index in [4.69, 9.17) is 5.11 Å². The Labute approximate surface area is 175 Å². The number of aromatic amines is 1. The van der Waals surface area contributed by atoms with Crippen molar-refractivity contribution in [1.29, 1.82) is 0 Å². The fraction of sp³-hybridized carbons (Fsp3) is 0.130. The number of nitrogens with zero attached hydrogens (tertiary/aromatic N) is 1. The molecule has 30 heavy (non-hydrogen) atoms. The van der Waals surface area contributed by atoms with E-state index in [9.17, 15) is 14.0 Å². The Morgan fingerprint density at radius 2 is 2.03 bits per heavy atom. The minimum absolute atomic E-state index is 0.341. The lowest BCUT2D eigenvalue weighted by atomic mass is 9.96. The quantitative estimate of drug-likeness (QED) is 0.444. The van der Waals surface area contributed by atoms with Crippen molar-refractivity contribution in [2.24, 2.45) is 5.92 Å². The van der Waals surface area contributed by atoms with E-state index in [0.717, 1.165) is 39.9 Å². The van der Waals surface area contributed by atoms with Gasteiger partial charge in [0.25, 0.3) is 0 Å². The molecule has 1 aliphatic rings. The molecule has 150 valence electrons. The van der Waals surface area contributed by atoms with Crippen molar-refractivity contribution in [2.45, 2.75) is 0 Å². The predicted octanol–water partition coefficient (Wildman–Crippen LogP) is 5.04. The minimum Gasteiger partial charge on any atom is -0.481 e. The molecular weight excluding hydrogens is 403 g/mol. The van der Waals surface area contributed by atoms with Crippen LogP contribution in [0.15, 0.2) is 53.9 Å². The number of carboxylic acids is 1. The summed E-state index contributed by atoms with van der Waals surface area (Å²) < 4.78 is 14.0. The number of aliphatic carboxylic acids is 1. The van der Waals surface area contributed by atoms with Crippen LogP contribution in [0.2, 0.25) is 0 Å². The predicted molar refractivity (Wildman–Crippen MR) is 116 cm³/mol. The summed E-state index contributed by atoms with van der Waals surface area (Å²) in [7, 11) is 0. The molecule has 0 bridgehead atoms. The molecule has 0 saturated carbocycles. The van der Waals surface area contributed by atoms with Crippen molar-refractivity contribution >= 4 is 40.2 Å². The number of thiophene rings is 1. The van der Waals surface area contributed by atoms with Crippen LogP contribution in [0.25, 0.3) is 33.3 Å². The number of hydrogen-bond donors (Lipinski definition) is 2. The van der Waals surface area contributed by atoms with Crippen LogP contribution in [0, 0.1) is 11.7 Å². The third-order valence-corrected chi connectivity index (χ3v) is 6.41. The molecule has 0 unspecified atom stereocenters. The number of carbonyl (C=O) groups excluding carboxylic acids is 1. The molecule has 4 aromatic rings. The van der Waals surface area contributed by atoms with Crippen molar-refractivity contribution in [2.75, 3.05) is 18.0 Å². The van der Waals surface area contributed by atoms with Gasteiger partial charge in [0.2, 0.25) is 0 Å². The number of halogens is 1. The molecule has 5 nitrogen and oxygen atoms in total. The van der Waals surface area contributed by atoms with E-state index >= 15 is 0 Å². The van der Waals surface area contributed by atoms with Crippen molar-refractivity contribution in [3.05, 3.63) is 64.6 Å². The maximum atomic E-state index is 14.0. The zero-order valence-electron chi connectivity index (χ0n) is 15.8. The number of carboxylic acid groups (broad SMARTS) is 1. The maximum Gasteiger partial charge on any atom is 0.310 e. The normalized spacial score (nSPS) is 14.1. The van der Waals surface area contributed by atoms with Crippen molar-refractivity contribution in [1.82, 2.24) is 4.98 Å². The summed E-state index contributed by atoms with van der Waals surface area (Å²) in [5.74, 6) is -1.46. The molecule has 1 saturated heterocycles. The monoisotopic (exact) mass is 420 g/mol. The average molecular weight is 420 g/mol. The van der Waals surface area contributed by atoms with E-state index in [2.05, 4.69) is 4.98 Å². The van der Waals surface area contributed by atoms with Gasteiger partial charge in [-0.15, -0.1) is 11.3 Å². The molecule has 5 rings (SSSR count). The van der Waals surface area contributed by atoms with Gasteiger partial charge < -0.3 is 15.0 Å². The number of aromatic nitrogens is 1. The second-order valence-electron chi connectivity index (χ2n) is 7.37. The number of benzene rings is 2. The molecule has 3 heterocycles. The van der Waals surface area contributed by atoms with Gasteiger partial charge in [-0.05, 0) is 41.8 Å². The molecule has 1 fully saturated rings. The van der Waals surface area contributed by atoms with Crippen LogP contribution in [-0.2, 0) is 4.79 Å². The second-order valence-corrected chi connectivity index (χ2v) is 8.32. The van der Waals surface area contributed by atoms with Gasteiger partial charge in [-0.1, -0.05) is 12.1 Å². The molecule has 0 spiro atoms. The van der Waals surface area contributed by atoms with Crippen LogP contribution in [0.5, 0.6) is 0 Å². The Bertz CT molecular complexity index is 1290. The summed E-state index contributed by atoms with van der Waals surface area (Å²) in [6.45, 7) is 0.951. The number of fused-ring (bicyclic) bond motifs is 1. The van der Waals surface area contributed by atoms with Gasteiger partial charge in [0, 0.05) is 46.4 Å². The second kappa shape index (κ2) is 7.11. The van der Waals surface area contributed by atoms with Gasteiger partial charge >= 0.3 is 5.97 Å². The summed E-state index contributed by atoms with van der Waals surface area (Å²) >= 11 is 1.35. The van der Waals surface area contributed by atoms with Gasteiger partial charge in [0.15, 0.2) is 6.29 Å². The number of hydrogen-bond acceptors (Lipinski definition) is 4. The van der Waals surface area contributed by atoms with E-state index in [0.29, 0.717) is 23.4 Å². The maximum absolute atomic E-state index is 14.0. The number of anilines is 1. The Morgan fingerprint density at radius 3 is 2.80 bits per heavy atom. The van der Waals surface area contributed by atoms with E-state index in [-0.39, 0.29) is 11.7 Å². The van der Waals surface area contributed by atoms with E-state index in [1.807, 2.05) is 40.6 Å². The number of rotatable bonds is 5. The highest BCUT2D eigenvalue weighted by Crippen LogP contribution is 2.42. The fourth-order valence-electron chi connectivity index (χ4n) is 3.98. The van der Waals surface area contributed by atoms with E-state index in [1.165, 1.54) is 23.5 Å². The van der Waals surface area contributed by atoms with Crippen LogP contribution in [0.3, 0.4) is 0 Å². The van der Waals surface area contributed by atoms with Crippen LogP contribution in [0.1, 0.15) is 9.67 Å². The lowest BCUT2D eigenvalue weighted by Gasteiger charge is -2.38. The summed E-state index contributed by atoms with van der Waals surface area (Å²) in [6.07, 6.45) is 0.824. The third kappa shape index (κ3) is 2.98. The lowest BCUT2D eigenvalue weighted by molar-refractivity contribution is -0.142. The van der Waals surface area contributed by atoms with Gasteiger partial charge in [-0.2, -0.15) is 0 Å². The minimum atomic E-state index is -0.777. The molecule has 0 amide bonds. The van der Waals surface area contributed by atoms with Crippen LogP contribution >= 0.6 is 11.3 Å². The topological polar surface area (TPSA) is 73.4 Å². The first kappa shape index (κ1) is 18.6. The number of aldehydes is 1. The van der Waals surface area contributed by atoms with Gasteiger partial charge in [-0.3, -0.25) is 9.59 Å². The standard InChI is InChI=1S/C23H17FN2O3S/c24-15-4-5-19-18(9-15)21(17-6-7-30-20(17)12-27)22(25-19)13-2-1-3-16(8-13)26-10-14(11-26)23(28)29/h1-9,12,14,25H,10-11H2,(H,28,29). The van der Waals surface area contributed by atoms with Gasteiger partial charge in [0.05, 0.1) is 16.5 Å². The van der Waals surface area contributed by atoms with Crippen LogP contribution in [0.4, 0.5) is 10.1 Å². The summed E-state index contributed by atoms with van der Waals surface area (Å²) in [5.41, 5.74) is 4.96. The SMILES string of the molecule is O=Cc1sccc1-c1c(-c2cccc(N3CC(C(=O)O)C3)c2)[nH]c2ccc(F)cc12. The van der Waals surface area contributed by atoms with Gasteiger partial charge in [0.1, 0.15) is 5.82 Å². The molecule has 2 aromatic carbocycles. The zero-order chi connectivity index (χ0) is 20.8. The molecule has 2 aromatic heterocycles. The Hall–Kier alpha value is -3.45. The fourth-order valence-corrected chi connectivity index (χ4v) is 4.69. The highest BCUT2D eigenvalue weighted by molar-refractivity contribution is 7.12. The summed E-state index contributed by atoms with van der Waals surface area (Å²) in [6, 6.07) is 14.3. The molecule has 0 atom stereocenters. The Balaban J connectivity index is 1.65. The number of carbonyl (C=O) groups is 2. The Kier molecular flexibility index (Phi) is 4.40. The highest BCUT2D eigenvalue weighted by atomic mass is 32.1. The first-order chi connectivity index (χ1) is 14.5. The van der Waals surface area contributed by atoms with Gasteiger partial charge in [-0.25, -0.2) is 4.39 Å². The smallest absolute Gasteiger partial charge is 0.310 e. The van der Waals surface area contributed by atoms with Crippen LogP contribution < -0.4 is 4.90 Å². The average Bonchev–Trinajstić information content (AvgIpc) is 3.30. The third-order valence-electron chi connectivity index (χ3n) is 5.56. The Morgan fingerprint density at radius 1 is 1.20 bits per heavy atom. The molecule has 0 radical (unpaired) electrons. The zero-order valence-corrected chi connectivity index (χ0v) is 16.6. The van der Waals surface area contributed by atoms with Crippen molar-refractivity contribution < 1.29 is 19.1 Å². The summed E-state index contributed by atoms with van der Waals surface area (Å²) in [4.78, 5) is 28.7. The van der Waals surface area contributed by atoms with E-state index in [1.54, 1.807) is 6.07 Å². The molecular formula is C23H17FN2O3S. The highest BCUT2D eigenvalue weighted by Gasteiger charge is 2.32. The molecule has 1 aliphatic heterocycles. The van der Waals surface area contributed by atoms with Crippen molar-refractivity contribution in [3.8, 4) is 22.4 Å². The molecule has 7 heteroatoms. The van der Waals surface area contributed by atoms with Crippen molar-refractivity contribution in [3.63, 3.8) is 0 Å². The number of H-pyrrole nitrogens is 1. The first-order valence-electron chi connectivity index (χ1n) is 9.47. The van der Waals surface area contributed by atoms with Crippen LogP contribution in [-0.4, -0.2) is 35.4 Å². The largest absolute Gasteiger partial charge is 0.481 e. The lowest BCUT2D eigenvalue weighted by Crippen LogP contribution is -2.50. The molecule has 2 N–H and O–H groups in total.